The van der Waals surface area contributed by atoms with Crippen LogP contribution in [0.1, 0.15) is 18.9 Å². The Morgan fingerprint density at radius 3 is 2.73 bits per heavy atom. The number of fused-ring (bicyclic) bond motifs is 1. The quantitative estimate of drug-likeness (QED) is 0.900. The van der Waals surface area contributed by atoms with Crippen molar-refractivity contribution in [3.8, 4) is 17.6 Å². The molecule has 26 heavy (non-hydrogen) atoms. The summed E-state index contributed by atoms with van der Waals surface area (Å²) in [7, 11) is 3.11. The maximum atomic E-state index is 11.6. The van der Waals surface area contributed by atoms with Gasteiger partial charge in [-0.15, -0.1) is 0 Å². The lowest BCUT2D eigenvalue weighted by molar-refractivity contribution is -0.142. The van der Waals surface area contributed by atoms with Crippen molar-refractivity contribution < 1.29 is 19.4 Å². The Morgan fingerprint density at radius 2 is 2.12 bits per heavy atom. The number of pyridine rings is 1. The lowest BCUT2D eigenvalue weighted by atomic mass is 9.89. The molecule has 7 nitrogen and oxygen atoms in total. The number of aromatic nitrogens is 1. The van der Waals surface area contributed by atoms with E-state index in [1.165, 1.54) is 6.20 Å². The van der Waals surface area contributed by atoms with Gasteiger partial charge in [0.2, 0.25) is 0 Å². The van der Waals surface area contributed by atoms with Crippen molar-refractivity contribution in [3.05, 3.63) is 23.9 Å². The maximum absolute atomic E-state index is 11.6. The SMILES string of the molecule is COc1cc(OC)c2ncc(C#N)c(N3CC(C)CC(C(=O)O)C3)c2c1. The Morgan fingerprint density at radius 1 is 1.35 bits per heavy atom. The second-order valence-electron chi connectivity index (χ2n) is 6.64. The van der Waals surface area contributed by atoms with Crippen LogP contribution in [0.4, 0.5) is 5.69 Å². The second-order valence-corrected chi connectivity index (χ2v) is 6.64. The number of ether oxygens (including phenoxy) is 2. The van der Waals surface area contributed by atoms with Gasteiger partial charge in [0.1, 0.15) is 23.1 Å². The normalized spacial score (nSPS) is 19.8. The van der Waals surface area contributed by atoms with Gasteiger partial charge in [-0.2, -0.15) is 5.26 Å². The van der Waals surface area contributed by atoms with Crippen LogP contribution < -0.4 is 14.4 Å². The van der Waals surface area contributed by atoms with Crippen molar-refractivity contribution in [2.45, 2.75) is 13.3 Å². The van der Waals surface area contributed by atoms with Crippen LogP contribution in [0.3, 0.4) is 0 Å². The standard InChI is InChI=1S/C19H21N3O4/c1-11-4-12(19(23)24)10-22(9-11)18-13(7-20)8-21-17-15(18)5-14(25-2)6-16(17)26-3/h5-6,8,11-12H,4,9-10H2,1-3H3,(H,23,24). The number of piperidine rings is 1. The summed E-state index contributed by atoms with van der Waals surface area (Å²) in [6, 6.07) is 5.74. The van der Waals surface area contributed by atoms with Gasteiger partial charge in [0.25, 0.3) is 0 Å². The Labute approximate surface area is 151 Å². The monoisotopic (exact) mass is 355 g/mol. The third kappa shape index (κ3) is 3.10. The number of rotatable bonds is 4. The van der Waals surface area contributed by atoms with E-state index in [-0.39, 0.29) is 5.92 Å². The topological polar surface area (TPSA) is 95.7 Å². The van der Waals surface area contributed by atoms with Crippen LogP contribution in [0, 0.1) is 23.2 Å². The molecule has 0 spiro atoms. The molecule has 0 radical (unpaired) electrons. The van der Waals surface area contributed by atoms with Gasteiger partial charge in [0.05, 0.1) is 31.4 Å². The van der Waals surface area contributed by atoms with Gasteiger partial charge in [-0.25, -0.2) is 0 Å². The van der Waals surface area contributed by atoms with E-state index in [0.717, 1.165) is 5.39 Å². The van der Waals surface area contributed by atoms with E-state index >= 15 is 0 Å². The van der Waals surface area contributed by atoms with Crippen molar-refractivity contribution in [2.75, 3.05) is 32.2 Å². The van der Waals surface area contributed by atoms with Gasteiger partial charge in [-0.05, 0) is 18.4 Å². The molecule has 2 aromatic rings. The van der Waals surface area contributed by atoms with Crippen molar-refractivity contribution in [3.63, 3.8) is 0 Å². The predicted octanol–water partition coefficient (Wildman–Crippen LogP) is 2.67. The highest BCUT2D eigenvalue weighted by molar-refractivity contribution is 5.98. The van der Waals surface area contributed by atoms with Crippen molar-refractivity contribution in [2.24, 2.45) is 11.8 Å². The van der Waals surface area contributed by atoms with Gasteiger partial charge in [-0.1, -0.05) is 6.92 Å². The van der Waals surface area contributed by atoms with Crippen LogP contribution in [0.15, 0.2) is 18.3 Å². The molecular formula is C19H21N3O4. The third-order valence-corrected chi connectivity index (χ3v) is 4.78. The molecule has 0 amide bonds. The summed E-state index contributed by atoms with van der Waals surface area (Å²) in [4.78, 5) is 17.9. The number of aliphatic carboxylic acids is 1. The minimum atomic E-state index is -0.811. The van der Waals surface area contributed by atoms with Crippen LogP contribution in [-0.2, 0) is 4.79 Å². The van der Waals surface area contributed by atoms with E-state index in [0.29, 0.717) is 47.8 Å². The Hall–Kier alpha value is -3.01. The smallest absolute Gasteiger partial charge is 0.308 e. The summed E-state index contributed by atoms with van der Waals surface area (Å²) in [6.07, 6.45) is 2.14. The number of methoxy groups -OCH3 is 2. The van der Waals surface area contributed by atoms with Gasteiger partial charge in [0, 0.05) is 30.7 Å². The van der Waals surface area contributed by atoms with Crippen LogP contribution in [0.25, 0.3) is 10.9 Å². The highest BCUT2D eigenvalue weighted by Crippen LogP contribution is 2.39. The summed E-state index contributed by atoms with van der Waals surface area (Å²) in [5, 5.41) is 19.8. The highest BCUT2D eigenvalue weighted by atomic mass is 16.5. The fourth-order valence-corrected chi connectivity index (χ4v) is 3.64. The largest absolute Gasteiger partial charge is 0.497 e. The lowest BCUT2D eigenvalue weighted by Crippen LogP contribution is -2.43. The first-order valence-corrected chi connectivity index (χ1v) is 8.41. The van der Waals surface area contributed by atoms with Crippen molar-refractivity contribution >= 4 is 22.6 Å². The number of hydrogen-bond donors (Lipinski definition) is 1. The first-order chi connectivity index (χ1) is 12.5. The third-order valence-electron chi connectivity index (χ3n) is 4.78. The van der Waals surface area contributed by atoms with E-state index in [1.54, 1.807) is 20.3 Å². The molecule has 1 fully saturated rings. The molecule has 3 rings (SSSR count). The molecule has 1 saturated heterocycles. The number of carbonyl (C=O) groups is 1. The predicted molar refractivity (Wildman–Crippen MR) is 96.7 cm³/mol. The molecular weight excluding hydrogens is 334 g/mol. The van der Waals surface area contributed by atoms with Crippen LogP contribution in [0.2, 0.25) is 0 Å². The molecule has 1 N–H and O–H groups in total. The molecule has 2 atom stereocenters. The molecule has 0 bridgehead atoms. The number of benzene rings is 1. The molecule has 1 aromatic carbocycles. The van der Waals surface area contributed by atoms with Crippen LogP contribution >= 0.6 is 0 Å². The zero-order valence-corrected chi connectivity index (χ0v) is 15.0. The lowest BCUT2D eigenvalue weighted by Gasteiger charge is -2.37. The number of hydrogen-bond acceptors (Lipinski definition) is 6. The fourth-order valence-electron chi connectivity index (χ4n) is 3.64. The van der Waals surface area contributed by atoms with Crippen molar-refractivity contribution in [1.29, 1.82) is 5.26 Å². The maximum Gasteiger partial charge on any atom is 0.308 e. The number of anilines is 1. The molecule has 0 saturated carbocycles. The van der Waals surface area contributed by atoms with Crippen LogP contribution in [-0.4, -0.2) is 43.4 Å². The zero-order chi connectivity index (χ0) is 18.8. The second kappa shape index (κ2) is 7.08. The number of nitriles is 1. The molecule has 2 heterocycles. The number of carboxylic acids is 1. The molecule has 1 aliphatic rings. The van der Waals surface area contributed by atoms with Gasteiger partial charge < -0.3 is 19.5 Å². The summed E-state index contributed by atoms with van der Waals surface area (Å²) < 4.78 is 10.8. The minimum Gasteiger partial charge on any atom is -0.497 e. The first-order valence-electron chi connectivity index (χ1n) is 8.41. The minimum absolute atomic E-state index is 0.201. The van der Waals surface area contributed by atoms with Gasteiger partial charge in [-0.3, -0.25) is 9.78 Å². The van der Waals surface area contributed by atoms with E-state index < -0.39 is 11.9 Å². The summed E-state index contributed by atoms with van der Waals surface area (Å²) >= 11 is 0. The number of nitrogens with zero attached hydrogens (tertiary/aromatic N) is 3. The molecule has 7 heteroatoms. The summed E-state index contributed by atoms with van der Waals surface area (Å²) in [5.41, 5.74) is 1.71. The van der Waals surface area contributed by atoms with E-state index in [1.807, 2.05) is 17.9 Å². The zero-order valence-electron chi connectivity index (χ0n) is 15.0. The summed E-state index contributed by atoms with van der Waals surface area (Å²) in [6.45, 7) is 3.06. The molecule has 136 valence electrons. The fraction of sp³-hybridized carbons (Fsp3) is 0.421. The van der Waals surface area contributed by atoms with Crippen molar-refractivity contribution in [1.82, 2.24) is 4.98 Å². The molecule has 1 aliphatic heterocycles. The van der Waals surface area contributed by atoms with Crippen LogP contribution in [0.5, 0.6) is 11.5 Å². The van der Waals surface area contributed by atoms with E-state index in [2.05, 4.69) is 11.1 Å². The molecule has 0 aliphatic carbocycles. The summed E-state index contributed by atoms with van der Waals surface area (Å²) in [5.74, 6) is 0.0546. The first kappa shape index (κ1) is 17.8. The Balaban J connectivity index is 2.23. The molecule has 2 unspecified atom stereocenters. The van der Waals surface area contributed by atoms with E-state index in [4.69, 9.17) is 9.47 Å². The average Bonchev–Trinajstić information content (AvgIpc) is 2.65. The average molecular weight is 355 g/mol. The van der Waals surface area contributed by atoms with E-state index in [9.17, 15) is 15.2 Å². The highest BCUT2D eigenvalue weighted by Gasteiger charge is 2.32. The van der Waals surface area contributed by atoms with Gasteiger partial charge in [0.15, 0.2) is 0 Å². The Bertz CT molecular complexity index is 890. The molecule has 1 aromatic heterocycles. The van der Waals surface area contributed by atoms with Gasteiger partial charge >= 0.3 is 5.97 Å². The Kier molecular flexibility index (Phi) is 4.85. The number of carboxylic acid groups (broad SMARTS) is 1.